The number of aromatic amines is 1. The highest BCUT2D eigenvalue weighted by atomic mass is 16.2. The molecule has 0 saturated heterocycles. The lowest BCUT2D eigenvalue weighted by Crippen LogP contribution is -2.25. The van der Waals surface area contributed by atoms with Crippen molar-refractivity contribution in [3.63, 3.8) is 0 Å². The summed E-state index contributed by atoms with van der Waals surface area (Å²) in [6, 6.07) is 12.3. The first-order chi connectivity index (χ1) is 14.1. The average Bonchev–Trinajstić information content (AvgIpc) is 3.27. The Balaban J connectivity index is 1.49. The molecule has 0 radical (unpaired) electrons. The fourth-order valence-electron chi connectivity index (χ4n) is 3.43. The van der Waals surface area contributed by atoms with E-state index in [-0.39, 0.29) is 5.91 Å². The second-order valence-corrected chi connectivity index (χ2v) is 7.05. The third-order valence-electron chi connectivity index (χ3n) is 5.03. The zero-order chi connectivity index (χ0) is 20.4. The van der Waals surface area contributed by atoms with E-state index in [1.807, 2.05) is 39.2 Å². The Kier molecular flexibility index (Phi) is 5.03. The number of hydrogen-bond acceptors (Lipinski definition) is 4. The van der Waals surface area contributed by atoms with E-state index in [1.165, 1.54) is 5.39 Å². The summed E-state index contributed by atoms with van der Waals surface area (Å²) < 4.78 is 2.13. The zero-order valence-electron chi connectivity index (χ0n) is 16.8. The number of carbonyl (C=O) groups excluding carboxylic acids is 1. The van der Waals surface area contributed by atoms with Crippen molar-refractivity contribution in [2.75, 3.05) is 18.9 Å². The summed E-state index contributed by atoms with van der Waals surface area (Å²) in [6.07, 6.45) is 5.10. The van der Waals surface area contributed by atoms with E-state index in [0.29, 0.717) is 6.54 Å². The van der Waals surface area contributed by atoms with Gasteiger partial charge >= 0.3 is 0 Å². The molecule has 1 amide bonds. The zero-order valence-corrected chi connectivity index (χ0v) is 16.8. The van der Waals surface area contributed by atoms with Crippen LogP contribution in [0.3, 0.4) is 0 Å². The van der Waals surface area contributed by atoms with Crippen LogP contribution in [0.15, 0.2) is 48.7 Å². The number of fused-ring (bicyclic) bond motifs is 2. The van der Waals surface area contributed by atoms with Crippen LogP contribution in [0.2, 0.25) is 0 Å². The van der Waals surface area contributed by atoms with E-state index in [9.17, 15) is 4.79 Å². The van der Waals surface area contributed by atoms with E-state index < -0.39 is 0 Å². The number of nitrogens with one attached hydrogen (secondary N) is 2. The molecule has 0 bridgehead atoms. The molecule has 0 saturated carbocycles. The highest BCUT2D eigenvalue weighted by molar-refractivity contribution is 5.93. The maximum absolute atomic E-state index is 12.6. The van der Waals surface area contributed by atoms with Gasteiger partial charge in [-0.25, -0.2) is 4.98 Å². The lowest BCUT2D eigenvalue weighted by molar-refractivity contribution is -0.125. The molecule has 4 rings (SSSR count). The second kappa shape index (κ2) is 7.79. The molecule has 0 aliphatic carbocycles. The highest BCUT2D eigenvalue weighted by Crippen LogP contribution is 2.21. The van der Waals surface area contributed by atoms with Gasteiger partial charge in [0.15, 0.2) is 11.5 Å². The fourth-order valence-corrected chi connectivity index (χ4v) is 3.43. The van der Waals surface area contributed by atoms with E-state index in [0.717, 1.165) is 40.2 Å². The van der Waals surface area contributed by atoms with Crippen molar-refractivity contribution >= 4 is 39.7 Å². The Bertz CT molecular complexity index is 1200. The van der Waals surface area contributed by atoms with Gasteiger partial charge in [-0.3, -0.25) is 9.89 Å². The molecule has 0 atom stereocenters. The van der Waals surface area contributed by atoms with Crippen molar-refractivity contribution in [3.05, 3.63) is 59.9 Å². The van der Waals surface area contributed by atoms with Crippen LogP contribution >= 0.6 is 0 Å². The second-order valence-electron chi connectivity index (χ2n) is 7.05. The van der Waals surface area contributed by atoms with Crippen LogP contribution in [-0.2, 0) is 18.4 Å². The molecule has 148 valence electrons. The normalized spacial score (nSPS) is 11.6. The highest BCUT2D eigenvalue weighted by Gasteiger charge is 2.11. The number of anilines is 1. The summed E-state index contributed by atoms with van der Waals surface area (Å²) in [5.41, 5.74) is 3.82. The van der Waals surface area contributed by atoms with Crippen LogP contribution < -0.4 is 5.32 Å². The monoisotopic (exact) mass is 388 g/mol. The molecule has 0 spiro atoms. The van der Waals surface area contributed by atoms with Gasteiger partial charge in [-0.2, -0.15) is 5.10 Å². The van der Waals surface area contributed by atoms with Crippen LogP contribution in [0.5, 0.6) is 0 Å². The molecule has 4 aromatic rings. The quantitative estimate of drug-likeness (QED) is 0.495. The molecule has 29 heavy (non-hydrogen) atoms. The van der Waals surface area contributed by atoms with Gasteiger partial charge in [0.1, 0.15) is 0 Å². The molecule has 7 nitrogen and oxygen atoms in total. The Morgan fingerprint density at radius 1 is 1.31 bits per heavy atom. The lowest BCUT2D eigenvalue weighted by atomic mass is 10.2. The standard InChI is InChI=1S/C22H24N6O/c1-4-23-21-18-11-15(13-24-22(18)26-25-21)9-10-20(29)27(2)14-17-12-16-7-5-6-8-19(16)28(17)3/h5-13H,4,14H2,1-3H3,(H2,23,24,25,26)/b10-9+. The van der Waals surface area contributed by atoms with Gasteiger partial charge in [0.25, 0.3) is 0 Å². The number of nitrogens with zero attached hydrogens (tertiary/aromatic N) is 4. The van der Waals surface area contributed by atoms with Gasteiger partial charge in [-0.15, -0.1) is 0 Å². The lowest BCUT2D eigenvalue weighted by Gasteiger charge is -2.15. The summed E-state index contributed by atoms with van der Waals surface area (Å²) in [5.74, 6) is 0.707. The van der Waals surface area contributed by atoms with E-state index >= 15 is 0 Å². The van der Waals surface area contributed by atoms with Crippen molar-refractivity contribution in [3.8, 4) is 0 Å². The number of pyridine rings is 1. The average molecular weight is 388 g/mol. The Hall–Kier alpha value is -3.61. The smallest absolute Gasteiger partial charge is 0.246 e. The number of benzene rings is 1. The molecule has 0 aliphatic rings. The predicted octanol–water partition coefficient (Wildman–Crippen LogP) is 3.55. The maximum Gasteiger partial charge on any atom is 0.246 e. The Morgan fingerprint density at radius 3 is 2.93 bits per heavy atom. The number of H-pyrrole nitrogens is 1. The number of aryl methyl sites for hydroxylation is 1. The molecule has 0 fully saturated rings. The van der Waals surface area contributed by atoms with Gasteiger partial charge < -0.3 is 14.8 Å². The molecule has 2 N–H and O–H groups in total. The molecule has 0 aliphatic heterocycles. The van der Waals surface area contributed by atoms with Crippen LogP contribution in [-0.4, -0.2) is 44.1 Å². The molecular weight excluding hydrogens is 364 g/mol. The molecule has 3 aromatic heterocycles. The Morgan fingerprint density at radius 2 is 2.14 bits per heavy atom. The first-order valence-corrected chi connectivity index (χ1v) is 9.61. The summed E-state index contributed by atoms with van der Waals surface area (Å²) in [6.45, 7) is 3.33. The topological polar surface area (TPSA) is 78.8 Å². The van der Waals surface area contributed by atoms with Crippen LogP contribution in [0.1, 0.15) is 18.2 Å². The van der Waals surface area contributed by atoms with Gasteiger partial charge in [0, 0.05) is 44.1 Å². The first-order valence-electron chi connectivity index (χ1n) is 9.61. The van der Waals surface area contributed by atoms with Crippen LogP contribution in [0.4, 0.5) is 5.82 Å². The Labute approximate surface area is 169 Å². The minimum absolute atomic E-state index is 0.0607. The minimum Gasteiger partial charge on any atom is -0.368 e. The predicted molar refractivity (Wildman–Crippen MR) is 116 cm³/mol. The SMILES string of the molecule is CCNc1n[nH]c2ncc(/C=C/C(=O)N(C)Cc3cc4ccccc4n3C)cc12. The third-order valence-corrected chi connectivity index (χ3v) is 5.03. The van der Waals surface area contributed by atoms with Gasteiger partial charge in [0.05, 0.1) is 11.9 Å². The summed E-state index contributed by atoms with van der Waals surface area (Å²) >= 11 is 0. The molecular formula is C22H24N6O. The summed E-state index contributed by atoms with van der Waals surface area (Å²) in [5, 5.41) is 12.4. The number of para-hydroxylation sites is 1. The van der Waals surface area contributed by atoms with Gasteiger partial charge in [-0.05, 0) is 42.1 Å². The van der Waals surface area contributed by atoms with E-state index in [2.05, 4.69) is 43.3 Å². The largest absolute Gasteiger partial charge is 0.368 e. The number of carbonyl (C=O) groups is 1. The van der Waals surface area contributed by atoms with Gasteiger partial charge in [-0.1, -0.05) is 18.2 Å². The van der Waals surface area contributed by atoms with Gasteiger partial charge in [0.2, 0.25) is 5.91 Å². The molecule has 7 heteroatoms. The number of hydrogen-bond donors (Lipinski definition) is 2. The number of aromatic nitrogens is 4. The van der Waals surface area contributed by atoms with E-state index in [1.54, 1.807) is 23.2 Å². The van der Waals surface area contributed by atoms with Crippen molar-refractivity contribution in [1.82, 2.24) is 24.6 Å². The molecule has 1 aromatic carbocycles. The number of likely N-dealkylation sites (N-methyl/N-ethyl adjacent to an activating group) is 1. The minimum atomic E-state index is -0.0607. The summed E-state index contributed by atoms with van der Waals surface area (Å²) in [7, 11) is 3.84. The molecule has 0 unspecified atom stereocenters. The van der Waals surface area contributed by atoms with Crippen molar-refractivity contribution in [1.29, 1.82) is 0 Å². The number of amides is 1. The first kappa shape index (κ1) is 18.7. The van der Waals surface area contributed by atoms with Crippen molar-refractivity contribution in [2.45, 2.75) is 13.5 Å². The van der Waals surface area contributed by atoms with Crippen molar-refractivity contribution < 1.29 is 4.79 Å². The van der Waals surface area contributed by atoms with E-state index in [4.69, 9.17) is 0 Å². The van der Waals surface area contributed by atoms with Crippen molar-refractivity contribution in [2.24, 2.45) is 7.05 Å². The fraction of sp³-hybridized carbons (Fsp3) is 0.227. The number of rotatable bonds is 6. The van der Waals surface area contributed by atoms with Crippen LogP contribution in [0, 0.1) is 0 Å². The maximum atomic E-state index is 12.6. The third kappa shape index (κ3) is 3.71. The van der Waals surface area contributed by atoms with Crippen LogP contribution in [0.25, 0.3) is 28.0 Å². The summed E-state index contributed by atoms with van der Waals surface area (Å²) in [4.78, 5) is 18.7. The molecule has 3 heterocycles.